The molecule has 1 aliphatic heterocycles. The first-order valence-corrected chi connectivity index (χ1v) is 7.63. The predicted molar refractivity (Wildman–Crippen MR) is 80.1 cm³/mol. The summed E-state index contributed by atoms with van der Waals surface area (Å²) in [5, 5.41) is 13.0. The molecule has 1 saturated heterocycles. The van der Waals surface area contributed by atoms with Gasteiger partial charge < -0.3 is 15.2 Å². The quantitative estimate of drug-likeness (QED) is 0.833. The fourth-order valence-electron chi connectivity index (χ4n) is 2.42. The molecular formula is C15H21ClN2O3. The third-order valence-corrected chi connectivity index (χ3v) is 4.06. The summed E-state index contributed by atoms with van der Waals surface area (Å²) in [6, 6.07) is 1.84. The van der Waals surface area contributed by atoms with E-state index in [2.05, 4.69) is 10.3 Å². The van der Waals surface area contributed by atoms with Gasteiger partial charge in [-0.2, -0.15) is 0 Å². The van der Waals surface area contributed by atoms with Gasteiger partial charge in [0.2, 0.25) is 5.91 Å². The van der Waals surface area contributed by atoms with E-state index in [1.165, 1.54) is 0 Å². The van der Waals surface area contributed by atoms with E-state index in [4.69, 9.17) is 16.3 Å². The zero-order chi connectivity index (χ0) is 15.1. The lowest BCUT2D eigenvalue weighted by Crippen LogP contribution is -2.39. The van der Waals surface area contributed by atoms with E-state index < -0.39 is 0 Å². The van der Waals surface area contributed by atoms with E-state index in [-0.39, 0.29) is 24.3 Å². The molecule has 0 bridgehead atoms. The molecule has 1 aromatic rings. The lowest BCUT2D eigenvalue weighted by Gasteiger charge is -2.23. The molecule has 2 atom stereocenters. The predicted octanol–water partition coefficient (Wildman–Crippen LogP) is 1.43. The van der Waals surface area contributed by atoms with Crippen molar-refractivity contribution in [1.29, 1.82) is 0 Å². The summed E-state index contributed by atoms with van der Waals surface area (Å²) < 4.78 is 5.31. The number of carbonyl (C=O) groups is 1. The number of amides is 1. The van der Waals surface area contributed by atoms with Crippen LogP contribution in [0, 0.1) is 11.8 Å². The zero-order valence-corrected chi connectivity index (χ0v) is 12.7. The largest absolute Gasteiger partial charge is 0.396 e. The van der Waals surface area contributed by atoms with Crippen LogP contribution >= 0.6 is 11.6 Å². The number of aliphatic hydroxyl groups excluding tert-OH is 1. The summed E-state index contributed by atoms with van der Waals surface area (Å²) >= 11 is 6.06. The first-order chi connectivity index (χ1) is 10.2. The van der Waals surface area contributed by atoms with Crippen LogP contribution in [0.15, 0.2) is 18.5 Å². The number of hydrogen-bond donors (Lipinski definition) is 2. The maximum absolute atomic E-state index is 12.0. The fourth-order valence-corrected chi connectivity index (χ4v) is 2.62. The number of aliphatic hydroxyl groups is 1. The van der Waals surface area contributed by atoms with Crippen LogP contribution < -0.4 is 5.32 Å². The number of nitrogens with zero attached hydrogens (tertiary/aromatic N) is 1. The lowest BCUT2D eigenvalue weighted by molar-refractivity contribution is -0.129. The summed E-state index contributed by atoms with van der Waals surface area (Å²) in [5.41, 5.74) is 0.931. The number of carbonyl (C=O) groups excluding carboxylic acids is 1. The SMILES string of the molecule is O=C(NC[C@@H](CO)Cc1ccncc1Cl)[C@@H]1CCCOC1. The molecule has 6 heteroatoms. The van der Waals surface area contributed by atoms with E-state index in [9.17, 15) is 9.90 Å². The summed E-state index contributed by atoms with van der Waals surface area (Å²) in [6.07, 6.45) is 5.66. The third kappa shape index (κ3) is 4.95. The van der Waals surface area contributed by atoms with Crippen LogP contribution in [0.4, 0.5) is 0 Å². The molecule has 116 valence electrons. The van der Waals surface area contributed by atoms with Crippen molar-refractivity contribution < 1.29 is 14.6 Å². The molecule has 2 heterocycles. The normalized spacial score (nSPS) is 20.0. The van der Waals surface area contributed by atoms with Crippen LogP contribution in [0.2, 0.25) is 5.02 Å². The maximum Gasteiger partial charge on any atom is 0.225 e. The van der Waals surface area contributed by atoms with Gasteiger partial charge in [0, 0.05) is 38.1 Å². The monoisotopic (exact) mass is 312 g/mol. The minimum Gasteiger partial charge on any atom is -0.396 e. The van der Waals surface area contributed by atoms with Crippen LogP contribution in [0.3, 0.4) is 0 Å². The van der Waals surface area contributed by atoms with Crippen molar-refractivity contribution in [3.63, 3.8) is 0 Å². The molecule has 2 rings (SSSR count). The Morgan fingerprint density at radius 1 is 1.62 bits per heavy atom. The van der Waals surface area contributed by atoms with E-state index in [0.717, 1.165) is 25.0 Å². The smallest absolute Gasteiger partial charge is 0.225 e. The summed E-state index contributed by atoms with van der Waals surface area (Å²) in [6.45, 7) is 1.67. The Bertz CT molecular complexity index is 464. The van der Waals surface area contributed by atoms with Gasteiger partial charge in [0.15, 0.2) is 0 Å². The number of nitrogens with one attached hydrogen (secondary N) is 1. The second-order valence-corrected chi connectivity index (χ2v) is 5.79. The van der Waals surface area contributed by atoms with E-state index >= 15 is 0 Å². The van der Waals surface area contributed by atoms with Gasteiger partial charge in [-0.05, 0) is 30.9 Å². The fraction of sp³-hybridized carbons (Fsp3) is 0.600. The minimum atomic E-state index is -0.0670. The number of aromatic nitrogens is 1. The lowest BCUT2D eigenvalue weighted by atomic mass is 9.99. The molecule has 0 aromatic carbocycles. The standard InChI is InChI=1S/C15H21ClN2O3/c16-14-8-17-4-3-12(14)6-11(9-19)7-18-15(20)13-2-1-5-21-10-13/h3-4,8,11,13,19H,1-2,5-7,9-10H2,(H,18,20)/t11-,13+/m0/s1. The van der Waals surface area contributed by atoms with Gasteiger partial charge in [0.25, 0.3) is 0 Å². The Kier molecular flexibility index (Phi) is 6.42. The summed E-state index contributed by atoms with van der Waals surface area (Å²) in [4.78, 5) is 16.0. The summed E-state index contributed by atoms with van der Waals surface area (Å²) in [5.74, 6) is -0.116. The van der Waals surface area contributed by atoms with Crippen molar-refractivity contribution in [1.82, 2.24) is 10.3 Å². The average molecular weight is 313 g/mol. The second kappa shape index (κ2) is 8.32. The van der Waals surface area contributed by atoms with E-state index in [1.807, 2.05) is 6.07 Å². The van der Waals surface area contributed by atoms with Gasteiger partial charge in [-0.1, -0.05) is 11.6 Å². The van der Waals surface area contributed by atoms with Crippen molar-refractivity contribution in [2.24, 2.45) is 11.8 Å². The molecule has 21 heavy (non-hydrogen) atoms. The van der Waals surface area contributed by atoms with Crippen molar-refractivity contribution in [3.8, 4) is 0 Å². The molecule has 1 fully saturated rings. The third-order valence-electron chi connectivity index (χ3n) is 3.72. The highest BCUT2D eigenvalue weighted by molar-refractivity contribution is 6.31. The number of pyridine rings is 1. The second-order valence-electron chi connectivity index (χ2n) is 5.38. The Labute approximate surface area is 129 Å². The highest BCUT2D eigenvalue weighted by atomic mass is 35.5. The number of hydrogen-bond acceptors (Lipinski definition) is 4. The number of rotatable bonds is 6. The van der Waals surface area contributed by atoms with E-state index in [0.29, 0.717) is 24.6 Å². The highest BCUT2D eigenvalue weighted by Gasteiger charge is 2.22. The zero-order valence-electron chi connectivity index (χ0n) is 11.9. The van der Waals surface area contributed by atoms with Crippen molar-refractivity contribution in [2.45, 2.75) is 19.3 Å². The van der Waals surface area contributed by atoms with Gasteiger partial charge in [0.1, 0.15) is 0 Å². The first kappa shape index (κ1) is 16.2. The molecule has 2 N–H and O–H groups in total. The first-order valence-electron chi connectivity index (χ1n) is 7.25. The molecule has 0 saturated carbocycles. The van der Waals surface area contributed by atoms with E-state index in [1.54, 1.807) is 12.4 Å². The topological polar surface area (TPSA) is 71.5 Å². The minimum absolute atomic E-state index is 0.0000976. The highest BCUT2D eigenvalue weighted by Crippen LogP contribution is 2.18. The van der Waals surface area contributed by atoms with Gasteiger partial charge in [0.05, 0.1) is 17.5 Å². The molecule has 0 spiro atoms. The van der Waals surface area contributed by atoms with Gasteiger partial charge in [-0.25, -0.2) is 0 Å². The Balaban J connectivity index is 1.82. The van der Waals surface area contributed by atoms with Gasteiger partial charge in [-0.3, -0.25) is 9.78 Å². The molecule has 0 unspecified atom stereocenters. The molecular weight excluding hydrogens is 292 g/mol. The van der Waals surface area contributed by atoms with Crippen LogP contribution in [-0.2, 0) is 16.0 Å². The van der Waals surface area contributed by atoms with Gasteiger partial charge in [-0.15, -0.1) is 0 Å². The Morgan fingerprint density at radius 3 is 3.14 bits per heavy atom. The maximum atomic E-state index is 12.0. The van der Waals surface area contributed by atoms with Gasteiger partial charge >= 0.3 is 0 Å². The molecule has 0 radical (unpaired) electrons. The summed E-state index contributed by atoms with van der Waals surface area (Å²) in [7, 11) is 0. The van der Waals surface area contributed by atoms with Crippen molar-refractivity contribution in [2.75, 3.05) is 26.4 Å². The number of ether oxygens (including phenoxy) is 1. The molecule has 0 aliphatic carbocycles. The van der Waals surface area contributed by atoms with Crippen molar-refractivity contribution >= 4 is 17.5 Å². The Morgan fingerprint density at radius 2 is 2.48 bits per heavy atom. The van der Waals surface area contributed by atoms with Crippen LogP contribution in [0.5, 0.6) is 0 Å². The van der Waals surface area contributed by atoms with Crippen LogP contribution in [0.25, 0.3) is 0 Å². The van der Waals surface area contributed by atoms with Crippen LogP contribution in [0.1, 0.15) is 18.4 Å². The molecule has 1 aromatic heterocycles. The molecule has 1 amide bonds. The average Bonchev–Trinajstić information content (AvgIpc) is 2.53. The van der Waals surface area contributed by atoms with Crippen LogP contribution in [-0.4, -0.2) is 42.4 Å². The Hall–Kier alpha value is -1.17. The molecule has 1 aliphatic rings. The number of halogens is 1. The molecule has 5 nitrogen and oxygen atoms in total. The van der Waals surface area contributed by atoms with Crippen molar-refractivity contribution in [3.05, 3.63) is 29.0 Å².